The highest BCUT2D eigenvalue weighted by Crippen LogP contribution is 2.28. The van der Waals surface area contributed by atoms with Crippen LogP contribution < -0.4 is 5.32 Å². The van der Waals surface area contributed by atoms with Gasteiger partial charge in [-0.15, -0.1) is 0 Å². The fourth-order valence-electron chi connectivity index (χ4n) is 2.76. The first kappa shape index (κ1) is 13.9. The van der Waals surface area contributed by atoms with E-state index in [1.54, 1.807) is 0 Å². The predicted octanol–water partition coefficient (Wildman–Crippen LogP) is 3.37. The highest BCUT2D eigenvalue weighted by atomic mass is 16.3. The normalized spacial score (nSPS) is 12.9. The molecule has 0 aliphatic rings. The predicted molar refractivity (Wildman–Crippen MR) is 84.3 cm³/mol. The summed E-state index contributed by atoms with van der Waals surface area (Å²) in [7, 11) is 1.97. The van der Waals surface area contributed by atoms with Gasteiger partial charge in [-0.25, -0.2) is 0 Å². The highest BCUT2D eigenvalue weighted by molar-refractivity contribution is 5.82. The zero-order chi connectivity index (χ0) is 14.8. The molecule has 1 aromatic carbocycles. The molecule has 0 fully saturated rings. The SMILES string of the molecule is Cc1c(C(C)NCCc2ccnn2C)oc2ccccc12. The lowest BCUT2D eigenvalue weighted by Gasteiger charge is -2.12. The van der Waals surface area contributed by atoms with E-state index in [0.29, 0.717) is 0 Å². The molecule has 4 heteroatoms. The van der Waals surface area contributed by atoms with Crippen LogP contribution in [0.25, 0.3) is 11.0 Å². The molecule has 0 bridgehead atoms. The lowest BCUT2D eigenvalue weighted by molar-refractivity contribution is 0.448. The Morgan fingerprint density at radius 3 is 2.81 bits per heavy atom. The van der Waals surface area contributed by atoms with Crippen LogP contribution in [-0.2, 0) is 13.5 Å². The Kier molecular flexibility index (Phi) is 3.80. The van der Waals surface area contributed by atoms with Crippen molar-refractivity contribution in [1.82, 2.24) is 15.1 Å². The van der Waals surface area contributed by atoms with Gasteiger partial charge in [0.1, 0.15) is 11.3 Å². The molecule has 0 saturated carbocycles. The molecule has 110 valence electrons. The smallest absolute Gasteiger partial charge is 0.134 e. The maximum Gasteiger partial charge on any atom is 0.134 e. The van der Waals surface area contributed by atoms with Crippen molar-refractivity contribution in [2.45, 2.75) is 26.3 Å². The minimum atomic E-state index is 0.200. The summed E-state index contributed by atoms with van der Waals surface area (Å²) in [5, 5.41) is 8.92. The first-order valence-corrected chi connectivity index (χ1v) is 7.35. The fraction of sp³-hybridized carbons (Fsp3) is 0.353. The van der Waals surface area contributed by atoms with Gasteiger partial charge in [-0.3, -0.25) is 4.68 Å². The third-order valence-corrected chi connectivity index (χ3v) is 4.03. The Labute approximate surface area is 124 Å². The molecule has 0 spiro atoms. The molecule has 1 unspecified atom stereocenters. The number of nitrogens with one attached hydrogen (secondary N) is 1. The van der Waals surface area contributed by atoms with Crippen LogP contribution in [0.3, 0.4) is 0 Å². The third-order valence-electron chi connectivity index (χ3n) is 4.03. The van der Waals surface area contributed by atoms with E-state index in [9.17, 15) is 0 Å². The fourth-order valence-corrected chi connectivity index (χ4v) is 2.76. The molecule has 21 heavy (non-hydrogen) atoms. The van der Waals surface area contributed by atoms with Gasteiger partial charge in [0.25, 0.3) is 0 Å². The van der Waals surface area contributed by atoms with Gasteiger partial charge in [-0.05, 0) is 31.5 Å². The summed E-state index contributed by atoms with van der Waals surface area (Å²) in [5.74, 6) is 1.03. The summed E-state index contributed by atoms with van der Waals surface area (Å²) in [6.07, 6.45) is 2.79. The van der Waals surface area contributed by atoms with E-state index in [0.717, 1.165) is 24.3 Å². The number of aromatic nitrogens is 2. The summed E-state index contributed by atoms with van der Waals surface area (Å²) >= 11 is 0. The number of nitrogens with zero attached hydrogens (tertiary/aromatic N) is 2. The van der Waals surface area contributed by atoms with Crippen molar-refractivity contribution in [1.29, 1.82) is 0 Å². The van der Waals surface area contributed by atoms with Crippen LogP contribution in [0.15, 0.2) is 40.9 Å². The number of fused-ring (bicyclic) bond motifs is 1. The molecule has 4 nitrogen and oxygen atoms in total. The summed E-state index contributed by atoms with van der Waals surface area (Å²) in [5.41, 5.74) is 3.42. The average Bonchev–Trinajstić information content (AvgIpc) is 3.04. The van der Waals surface area contributed by atoms with Gasteiger partial charge < -0.3 is 9.73 Å². The second-order valence-electron chi connectivity index (χ2n) is 5.46. The van der Waals surface area contributed by atoms with Crippen LogP contribution >= 0.6 is 0 Å². The first-order valence-electron chi connectivity index (χ1n) is 7.35. The van der Waals surface area contributed by atoms with Gasteiger partial charge >= 0.3 is 0 Å². The van der Waals surface area contributed by atoms with E-state index in [4.69, 9.17) is 4.42 Å². The molecule has 3 rings (SSSR count). The summed E-state index contributed by atoms with van der Waals surface area (Å²) in [6.45, 7) is 5.17. The van der Waals surface area contributed by atoms with E-state index in [2.05, 4.69) is 42.5 Å². The molecule has 0 aliphatic carbocycles. The lowest BCUT2D eigenvalue weighted by Crippen LogP contribution is -2.22. The van der Waals surface area contributed by atoms with Crippen molar-refractivity contribution in [3.05, 3.63) is 53.5 Å². The van der Waals surface area contributed by atoms with Gasteiger partial charge in [-0.1, -0.05) is 18.2 Å². The first-order chi connectivity index (χ1) is 10.2. The van der Waals surface area contributed by atoms with Crippen LogP contribution in [0.5, 0.6) is 0 Å². The van der Waals surface area contributed by atoms with Gasteiger partial charge in [0.15, 0.2) is 0 Å². The number of aryl methyl sites for hydroxylation is 2. The van der Waals surface area contributed by atoms with E-state index < -0.39 is 0 Å². The maximum atomic E-state index is 5.99. The minimum Gasteiger partial charge on any atom is -0.459 e. The van der Waals surface area contributed by atoms with Crippen LogP contribution in [0.2, 0.25) is 0 Å². The molecule has 0 radical (unpaired) electrons. The average molecular weight is 283 g/mol. The second kappa shape index (κ2) is 5.74. The molecular formula is C17H21N3O. The largest absolute Gasteiger partial charge is 0.459 e. The summed E-state index contributed by atoms with van der Waals surface area (Å²) in [4.78, 5) is 0. The van der Waals surface area contributed by atoms with E-state index >= 15 is 0 Å². The topological polar surface area (TPSA) is 43.0 Å². The standard InChI is InChI=1S/C17H21N3O/c1-12-15-6-4-5-7-16(15)21-17(12)13(2)18-10-8-14-9-11-19-20(14)3/h4-7,9,11,13,18H,8,10H2,1-3H3. The second-order valence-corrected chi connectivity index (χ2v) is 5.46. The summed E-state index contributed by atoms with van der Waals surface area (Å²) < 4.78 is 7.91. The van der Waals surface area contributed by atoms with Crippen LogP contribution in [-0.4, -0.2) is 16.3 Å². The summed E-state index contributed by atoms with van der Waals surface area (Å²) in [6, 6.07) is 10.4. The number of hydrogen-bond acceptors (Lipinski definition) is 3. The highest BCUT2D eigenvalue weighted by Gasteiger charge is 2.15. The molecule has 2 aromatic heterocycles. The minimum absolute atomic E-state index is 0.200. The van der Waals surface area contributed by atoms with E-state index in [-0.39, 0.29) is 6.04 Å². The van der Waals surface area contributed by atoms with Crippen LogP contribution in [0, 0.1) is 6.92 Å². The van der Waals surface area contributed by atoms with Crippen molar-refractivity contribution in [3.8, 4) is 0 Å². The van der Waals surface area contributed by atoms with E-state index in [1.807, 2.05) is 30.1 Å². The Morgan fingerprint density at radius 2 is 2.10 bits per heavy atom. The number of benzene rings is 1. The molecular weight excluding hydrogens is 262 g/mol. The number of furan rings is 1. The molecule has 1 N–H and O–H groups in total. The number of para-hydroxylation sites is 1. The monoisotopic (exact) mass is 283 g/mol. The van der Waals surface area contributed by atoms with Crippen LogP contribution in [0.4, 0.5) is 0 Å². The Morgan fingerprint density at radius 1 is 1.29 bits per heavy atom. The van der Waals surface area contributed by atoms with Crippen LogP contribution in [0.1, 0.15) is 30.0 Å². The van der Waals surface area contributed by atoms with E-state index in [1.165, 1.54) is 16.6 Å². The van der Waals surface area contributed by atoms with Crippen molar-refractivity contribution in [2.75, 3.05) is 6.54 Å². The maximum absolute atomic E-state index is 5.99. The molecule has 0 saturated heterocycles. The Balaban J connectivity index is 1.68. The van der Waals surface area contributed by atoms with Gasteiger partial charge in [0, 0.05) is 37.3 Å². The van der Waals surface area contributed by atoms with Gasteiger partial charge in [0.2, 0.25) is 0 Å². The Bertz CT molecular complexity index is 741. The zero-order valence-electron chi connectivity index (χ0n) is 12.8. The van der Waals surface area contributed by atoms with Crippen molar-refractivity contribution >= 4 is 11.0 Å². The molecule has 0 amide bonds. The van der Waals surface area contributed by atoms with Crippen molar-refractivity contribution in [2.24, 2.45) is 7.05 Å². The molecule has 1 atom stereocenters. The molecule has 0 aliphatic heterocycles. The number of rotatable bonds is 5. The number of hydrogen-bond donors (Lipinski definition) is 1. The third kappa shape index (κ3) is 2.72. The van der Waals surface area contributed by atoms with Gasteiger partial charge in [0.05, 0.1) is 6.04 Å². The molecule has 3 aromatic rings. The lowest BCUT2D eigenvalue weighted by atomic mass is 10.1. The van der Waals surface area contributed by atoms with Gasteiger partial charge in [-0.2, -0.15) is 5.10 Å². The van der Waals surface area contributed by atoms with Crippen molar-refractivity contribution < 1.29 is 4.42 Å². The Hall–Kier alpha value is -2.07. The quantitative estimate of drug-likeness (QED) is 0.780. The zero-order valence-corrected chi connectivity index (χ0v) is 12.8. The molecule has 2 heterocycles. The van der Waals surface area contributed by atoms with Crippen molar-refractivity contribution in [3.63, 3.8) is 0 Å².